The Kier molecular flexibility index (Phi) is 6.83. The molecule has 6 heteroatoms. The lowest BCUT2D eigenvalue weighted by molar-refractivity contribution is -0.120. The van der Waals surface area contributed by atoms with Crippen molar-refractivity contribution >= 4 is 17.5 Å². The van der Waals surface area contributed by atoms with E-state index in [1.807, 2.05) is 12.1 Å². The summed E-state index contributed by atoms with van der Waals surface area (Å²) in [6, 6.07) is 15.3. The summed E-state index contributed by atoms with van der Waals surface area (Å²) in [4.78, 5) is 11.3. The summed E-state index contributed by atoms with van der Waals surface area (Å²) in [5.74, 6) is -0.778. The summed E-state index contributed by atoms with van der Waals surface area (Å²) in [6.45, 7) is 0.0105. The fraction of sp³-hybridized carbons (Fsp3) is 0.381. The molecule has 1 amide bonds. The highest BCUT2D eigenvalue weighted by atomic mass is 35.5. The Balaban J connectivity index is 1.64. The lowest BCUT2D eigenvalue weighted by Crippen LogP contribution is -2.41. The molecule has 0 bridgehead atoms. The maximum Gasteiger partial charge on any atom is 0.235 e. The highest BCUT2D eigenvalue weighted by Crippen LogP contribution is 2.25. The van der Waals surface area contributed by atoms with Gasteiger partial charge in [0.25, 0.3) is 0 Å². The number of carbonyl (C=O) groups excluding carboxylic acids is 1. The van der Waals surface area contributed by atoms with Crippen molar-refractivity contribution in [3.05, 3.63) is 59.7 Å². The van der Waals surface area contributed by atoms with Crippen molar-refractivity contribution in [2.45, 2.75) is 37.6 Å². The monoisotopic (exact) mass is 390 g/mol. The first-order chi connectivity index (χ1) is 13.1. The van der Waals surface area contributed by atoms with Gasteiger partial charge in [-0.15, -0.1) is 11.6 Å². The molecule has 0 aromatic heterocycles. The predicted octanol–water partition coefficient (Wildman–Crippen LogP) is 3.33. The molecule has 3 N–H and O–H groups in total. The van der Waals surface area contributed by atoms with Crippen LogP contribution >= 0.6 is 11.6 Å². The summed E-state index contributed by atoms with van der Waals surface area (Å²) in [5, 5.41) is 16.2. The lowest BCUT2D eigenvalue weighted by atomic mass is 9.98. The largest absolute Gasteiger partial charge is 0.386 e. The molecule has 1 fully saturated rings. The first-order valence-electron chi connectivity index (χ1n) is 9.12. The van der Waals surface area contributed by atoms with Crippen LogP contribution in [0.15, 0.2) is 48.5 Å². The van der Waals surface area contributed by atoms with E-state index in [-0.39, 0.29) is 5.88 Å². The van der Waals surface area contributed by atoms with E-state index < -0.39 is 24.7 Å². The molecule has 2 aromatic rings. The highest BCUT2D eigenvalue weighted by Gasteiger charge is 2.22. The van der Waals surface area contributed by atoms with Gasteiger partial charge in [0, 0.05) is 12.6 Å². The molecule has 1 aliphatic carbocycles. The van der Waals surface area contributed by atoms with Crippen LogP contribution in [0.2, 0.25) is 0 Å². The van der Waals surface area contributed by atoms with Crippen LogP contribution in [0.4, 0.5) is 4.39 Å². The Bertz CT molecular complexity index is 748. The van der Waals surface area contributed by atoms with E-state index in [0.717, 1.165) is 17.7 Å². The molecular formula is C21H24ClFN2O2. The zero-order valence-corrected chi connectivity index (χ0v) is 15.8. The molecule has 2 unspecified atom stereocenters. The third-order valence-electron chi connectivity index (χ3n) is 4.73. The van der Waals surface area contributed by atoms with Crippen molar-refractivity contribution in [2.75, 3.05) is 12.6 Å². The summed E-state index contributed by atoms with van der Waals surface area (Å²) in [6.07, 6.45) is 1.41. The molecule has 4 nitrogen and oxygen atoms in total. The van der Waals surface area contributed by atoms with Crippen LogP contribution in [-0.2, 0) is 11.3 Å². The maximum atomic E-state index is 13.2. The molecule has 2 aromatic carbocycles. The van der Waals surface area contributed by atoms with Crippen LogP contribution in [0.3, 0.4) is 0 Å². The minimum absolute atomic E-state index is 0.270. The Hall–Kier alpha value is -1.95. The van der Waals surface area contributed by atoms with Crippen molar-refractivity contribution in [1.82, 2.24) is 10.6 Å². The Morgan fingerprint density at radius 1 is 1.11 bits per heavy atom. The van der Waals surface area contributed by atoms with Crippen LogP contribution in [0.5, 0.6) is 0 Å². The number of carbonyl (C=O) groups is 1. The molecular weight excluding hydrogens is 367 g/mol. The molecule has 0 spiro atoms. The summed E-state index contributed by atoms with van der Waals surface area (Å²) in [5.41, 5.74) is 3.87. The molecule has 0 aliphatic heterocycles. The van der Waals surface area contributed by atoms with Gasteiger partial charge in [-0.25, -0.2) is 4.39 Å². The second kappa shape index (κ2) is 9.31. The number of rotatable bonds is 9. The molecule has 3 rings (SSSR count). The van der Waals surface area contributed by atoms with Gasteiger partial charge in [0.1, 0.15) is 18.7 Å². The number of hydrogen-bond donors (Lipinski definition) is 3. The number of benzene rings is 2. The average Bonchev–Trinajstić information content (AvgIpc) is 3.55. The zero-order valence-electron chi connectivity index (χ0n) is 15.0. The van der Waals surface area contributed by atoms with Crippen molar-refractivity contribution in [2.24, 2.45) is 0 Å². The fourth-order valence-corrected chi connectivity index (χ4v) is 2.99. The molecule has 144 valence electrons. The van der Waals surface area contributed by atoms with Gasteiger partial charge in [-0.3, -0.25) is 4.79 Å². The van der Waals surface area contributed by atoms with Gasteiger partial charge in [-0.1, -0.05) is 48.5 Å². The molecule has 0 saturated heterocycles. The van der Waals surface area contributed by atoms with Gasteiger partial charge in [-0.2, -0.15) is 0 Å². The number of nitrogens with one attached hydrogen (secondary N) is 2. The lowest BCUT2D eigenvalue weighted by Gasteiger charge is -2.21. The van der Waals surface area contributed by atoms with Crippen LogP contribution in [-0.4, -0.2) is 35.7 Å². The fourth-order valence-electron chi connectivity index (χ4n) is 2.92. The SMILES string of the molecule is O=C(CCl)NC(CF)C(O)c1ccc(-c2ccc(CNC3CC3)cc2)cc1. The van der Waals surface area contributed by atoms with Crippen LogP contribution in [0, 0.1) is 0 Å². The summed E-state index contributed by atoms with van der Waals surface area (Å²) >= 11 is 5.42. The molecule has 0 radical (unpaired) electrons. The number of hydrogen-bond acceptors (Lipinski definition) is 3. The zero-order chi connectivity index (χ0) is 19.2. The Morgan fingerprint density at radius 2 is 1.70 bits per heavy atom. The minimum Gasteiger partial charge on any atom is -0.386 e. The molecule has 27 heavy (non-hydrogen) atoms. The Morgan fingerprint density at radius 3 is 2.22 bits per heavy atom. The Labute approximate surface area is 163 Å². The summed E-state index contributed by atoms with van der Waals surface area (Å²) in [7, 11) is 0. The third-order valence-corrected chi connectivity index (χ3v) is 4.97. The average molecular weight is 391 g/mol. The van der Waals surface area contributed by atoms with E-state index in [9.17, 15) is 14.3 Å². The van der Waals surface area contributed by atoms with Gasteiger partial charge in [0.05, 0.1) is 6.04 Å². The van der Waals surface area contributed by atoms with Crippen LogP contribution in [0.25, 0.3) is 11.1 Å². The maximum absolute atomic E-state index is 13.2. The minimum atomic E-state index is -1.13. The standard InChI is InChI=1S/C21H24ClFN2O2/c22-11-20(26)25-19(12-23)21(27)17-7-5-16(6-8-17)15-3-1-14(2-4-15)13-24-18-9-10-18/h1-8,18-19,21,24,27H,9-13H2,(H,25,26). The van der Waals surface area contributed by atoms with Gasteiger partial charge in [0.15, 0.2) is 0 Å². The second-order valence-corrected chi connectivity index (χ2v) is 7.15. The predicted molar refractivity (Wildman–Crippen MR) is 105 cm³/mol. The number of amides is 1. The van der Waals surface area contributed by atoms with Gasteiger partial charge in [-0.05, 0) is 35.1 Å². The first kappa shape index (κ1) is 19.8. The van der Waals surface area contributed by atoms with Gasteiger partial charge < -0.3 is 15.7 Å². The van der Waals surface area contributed by atoms with Crippen LogP contribution < -0.4 is 10.6 Å². The summed E-state index contributed by atoms with van der Waals surface area (Å²) < 4.78 is 13.2. The van der Waals surface area contributed by atoms with Crippen molar-refractivity contribution in [3.8, 4) is 11.1 Å². The molecule has 0 heterocycles. The quantitative estimate of drug-likeness (QED) is 0.575. The molecule has 1 saturated carbocycles. The van der Waals surface area contributed by atoms with E-state index in [1.165, 1.54) is 18.4 Å². The van der Waals surface area contributed by atoms with Crippen molar-refractivity contribution in [1.29, 1.82) is 0 Å². The van der Waals surface area contributed by atoms with Crippen molar-refractivity contribution in [3.63, 3.8) is 0 Å². The number of alkyl halides is 2. The molecule has 2 atom stereocenters. The third kappa shape index (κ3) is 5.51. The number of aliphatic hydroxyl groups is 1. The highest BCUT2D eigenvalue weighted by molar-refractivity contribution is 6.27. The smallest absolute Gasteiger partial charge is 0.235 e. The van der Waals surface area contributed by atoms with E-state index in [4.69, 9.17) is 11.6 Å². The van der Waals surface area contributed by atoms with E-state index in [2.05, 4.69) is 34.9 Å². The second-order valence-electron chi connectivity index (χ2n) is 6.88. The number of aliphatic hydroxyl groups excluding tert-OH is 1. The van der Waals surface area contributed by atoms with Crippen LogP contribution in [0.1, 0.15) is 30.1 Å². The van der Waals surface area contributed by atoms with Gasteiger partial charge in [0.2, 0.25) is 5.91 Å². The van der Waals surface area contributed by atoms with Crippen molar-refractivity contribution < 1.29 is 14.3 Å². The topological polar surface area (TPSA) is 61.4 Å². The van der Waals surface area contributed by atoms with E-state index in [0.29, 0.717) is 11.6 Å². The molecule has 1 aliphatic rings. The van der Waals surface area contributed by atoms with Gasteiger partial charge >= 0.3 is 0 Å². The number of halogens is 2. The van der Waals surface area contributed by atoms with E-state index in [1.54, 1.807) is 12.1 Å². The first-order valence-corrected chi connectivity index (χ1v) is 9.66. The normalized spacial score (nSPS) is 16.0. The van der Waals surface area contributed by atoms with E-state index >= 15 is 0 Å².